The van der Waals surface area contributed by atoms with Gasteiger partial charge in [0.15, 0.2) is 11.5 Å². The zero-order valence-corrected chi connectivity index (χ0v) is 21.4. The Morgan fingerprint density at radius 2 is 1.67 bits per heavy atom. The lowest BCUT2D eigenvalue weighted by atomic mass is 9.67. The SMILES string of the molecule is CCSC(=O)SCC(=O)N1CCc2cc(OC)c(OC)cc2C1C1C(=O)CC(C)(C)CC1=O. The second-order valence-electron chi connectivity index (χ2n) is 9.09. The van der Waals surface area contributed by atoms with Crippen molar-refractivity contribution in [3.05, 3.63) is 23.3 Å². The highest BCUT2D eigenvalue weighted by molar-refractivity contribution is 8.38. The predicted octanol–water partition coefficient (Wildman–Crippen LogP) is 4.31. The van der Waals surface area contributed by atoms with E-state index in [4.69, 9.17) is 9.47 Å². The van der Waals surface area contributed by atoms with Crippen molar-refractivity contribution in [1.82, 2.24) is 4.90 Å². The number of Topliss-reactive ketones (excluding diaryl/α,β-unsaturated/α-hetero) is 2. The van der Waals surface area contributed by atoms with Gasteiger partial charge in [-0.15, -0.1) is 0 Å². The van der Waals surface area contributed by atoms with Crippen LogP contribution < -0.4 is 9.47 Å². The van der Waals surface area contributed by atoms with Crippen LogP contribution in [0.1, 0.15) is 50.8 Å². The third-order valence-electron chi connectivity index (χ3n) is 6.13. The van der Waals surface area contributed by atoms with Gasteiger partial charge in [0.05, 0.1) is 26.0 Å². The maximum atomic E-state index is 13.3. The molecule has 9 heteroatoms. The Balaban J connectivity index is 2.02. The number of carbonyl (C=O) groups excluding carboxylic acids is 4. The number of amides is 1. The number of ketones is 2. The Morgan fingerprint density at radius 1 is 1.06 bits per heavy atom. The van der Waals surface area contributed by atoms with Crippen molar-refractivity contribution in [2.45, 2.75) is 46.1 Å². The molecule has 1 heterocycles. The van der Waals surface area contributed by atoms with Gasteiger partial charge in [0.1, 0.15) is 17.5 Å². The van der Waals surface area contributed by atoms with Crippen molar-refractivity contribution < 1.29 is 28.7 Å². The first-order valence-corrected chi connectivity index (χ1v) is 13.0. The van der Waals surface area contributed by atoms with E-state index in [1.807, 2.05) is 26.8 Å². The molecule has 33 heavy (non-hydrogen) atoms. The number of thioether (sulfide) groups is 2. The summed E-state index contributed by atoms with van der Waals surface area (Å²) in [6.45, 7) is 6.07. The van der Waals surface area contributed by atoms with E-state index < -0.39 is 17.4 Å². The van der Waals surface area contributed by atoms with E-state index in [9.17, 15) is 19.2 Å². The molecule has 7 nitrogen and oxygen atoms in total. The minimum atomic E-state index is -0.926. The van der Waals surface area contributed by atoms with Gasteiger partial charge in [0, 0.05) is 19.4 Å². The average molecular weight is 494 g/mol. The first-order valence-electron chi connectivity index (χ1n) is 11.0. The molecule has 1 fully saturated rings. The second-order valence-corrected chi connectivity index (χ2v) is 11.5. The van der Waals surface area contributed by atoms with Gasteiger partial charge < -0.3 is 14.4 Å². The number of rotatable bonds is 6. The zero-order valence-electron chi connectivity index (χ0n) is 19.8. The number of nitrogens with zero attached hydrogens (tertiary/aromatic N) is 1. The summed E-state index contributed by atoms with van der Waals surface area (Å²) >= 11 is 2.13. The lowest BCUT2D eigenvalue weighted by molar-refractivity contribution is -0.146. The van der Waals surface area contributed by atoms with E-state index >= 15 is 0 Å². The van der Waals surface area contributed by atoms with Crippen LogP contribution in [0.25, 0.3) is 0 Å². The van der Waals surface area contributed by atoms with Gasteiger partial charge in [-0.2, -0.15) is 0 Å². The van der Waals surface area contributed by atoms with Crippen LogP contribution in [0.3, 0.4) is 0 Å². The second kappa shape index (κ2) is 10.5. The van der Waals surface area contributed by atoms with Crippen molar-refractivity contribution in [3.8, 4) is 11.5 Å². The number of ether oxygens (including phenoxy) is 2. The normalized spacial score (nSPS) is 20.4. The van der Waals surface area contributed by atoms with Crippen LogP contribution in [-0.4, -0.2) is 59.1 Å². The van der Waals surface area contributed by atoms with Crippen LogP contribution in [0.5, 0.6) is 11.5 Å². The molecule has 3 rings (SSSR count). The summed E-state index contributed by atoms with van der Waals surface area (Å²) in [6, 6.07) is 2.93. The molecule has 180 valence electrons. The smallest absolute Gasteiger partial charge is 0.246 e. The molecule has 1 atom stereocenters. The molecule has 0 saturated heterocycles. The van der Waals surface area contributed by atoms with Gasteiger partial charge in [-0.25, -0.2) is 0 Å². The molecule has 1 aliphatic carbocycles. The Kier molecular flexibility index (Phi) is 8.16. The monoisotopic (exact) mass is 493 g/mol. The maximum Gasteiger partial charge on any atom is 0.246 e. The summed E-state index contributed by atoms with van der Waals surface area (Å²) in [4.78, 5) is 53.3. The average Bonchev–Trinajstić information content (AvgIpc) is 2.75. The van der Waals surface area contributed by atoms with Crippen LogP contribution >= 0.6 is 23.5 Å². The van der Waals surface area contributed by atoms with Crippen LogP contribution in [0.2, 0.25) is 0 Å². The van der Waals surface area contributed by atoms with E-state index in [1.165, 1.54) is 7.11 Å². The van der Waals surface area contributed by atoms with Crippen LogP contribution in [-0.2, 0) is 20.8 Å². The van der Waals surface area contributed by atoms with Gasteiger partial charge in [0.25, 0.3) is 0 Å². The topological polar surface area (TPSA) is 90.0 Å². The van der Waals surface area contributed by atoms with Crippen LogP contribution in [0.4, 0.5) is 4.79 Å². The van der Waals surface area contributed by atoms with Crippen LogP contribution in [0, 0.1) is 11.3 Å². The van der Waals surface area contributed by atoms with Crippen molar-refractivity contribution in [3.63, 3.8) is 0 Å². The molecular weight excluding hydrogens is 462 g/mol. The first kappa shape index (κ1) is 25.6. The highest BCUT2D eigenvalue weighted by atomic mass is 32.2. The molecule has 1 aromatic carbocycles. The number of methoxy groups -OCH3 is 2. The number of hydrogen-bond donors (Lipinski definition) is 0. The summed E-state index contributed by atoms with van der Waals surface area (Å²) < 4.78 is 10.8. The highest BCUT2D eigenvalue weighted by Crippen LogP contribution is 2.46. The van der Waals surface area contributed by atoms with E-state index in [0.29, 0.717) is 30.2 Å². The maximum absolute atomic E-state index is 13.3. The fourth-order valence-corrected chi connectivity index (χ4v) is 6.24. The highest BCUT2D eigenvalue weighted by Gasteiger charge is 2.48. The van der Waals surface area contributed by atoms with E-state index in [0.717, 1.165) is 34.7 Å². The molecule has 2 aliphatic rings. The number of benzene rings is 1. The molecule has 0 N–H and O–H groups in total. The van der Waals surface area contributed by atoms with Gasteiger partial charge >= 0.3 is 0 Å². The minimum Gasteiger partial charge on any atom is -0.493 e. The van der Waals surface area contributed by atoms with Gasteiger partial charge in [0.2, 0.25) is 10.4 Å². The molecule has 0 spiro atoms. The predicted molar refractivity (Wildman–Crippen MR) is 130 cm³/mol. The van der Waals surface area contributed by atoms with Gasteiger partial charge in [-0.3, -0.25) is 19.2 Å². The van der Waals surface area contributed by atoms with Crippen molar-refractivity contribution in [2.75, 3.05) is 32.3 Å². The Morgan fingerprint density at radius 3 is 2.24 bits per heavy atom. The standard InChI is InChI=1S/C24H31NO6S2/c1-6-32-23(29)33-13-20(28)25-8-7-14-9-18(30-4)19(31-5)10-15(14)22(25)21-16(26)11-24(2,3)12-17(21)27/h9-10,21-22H,6-8,11-13H2,1-5H3. The molecule has 1 amide bonds. The third-order valence-corrected chi connectivity index (χ3v) is 7.99. The van der Waals surface area contributed by atoms with E-state index in [-0.39, 0.29) is 40.5 Å². The fourth-order valence-electron chi connectivity index (χ4n) is 4.74. The molecule has 1 aliphatic heterocycles. The molecule has 1 saturated carbocycles. The zero-order chi connectivity index (χ0) is 24.3. The van der Waals surface area contributed by atoms with Crippen LogP contribution in [0.15, 0.2) is 12.1 Å². The molecular formula is C24H31NO6S2. The van der Waals surface area contributed by atoms with Gasteiger partial charge in [-0.05, 0) is 40.8 Å². The van der Waals surface area contributed by atoms with E-state index in [2.05, 4.69) is 0 Å². The Bertz CT molecular complexity index is 941. The summed E-state index contributed by atoms with van der Waals surface area (Å²) in [7, 11) is 3.08. The summed E-state index contributed by atoms with van der Waals surface area (Å²) in [6.07, 6.45) is 1.12. The Hall–Kier alpha value is -2.00. The molecule has 1 aromatic rings. The fraction of sp³-hybridized carbons (Fsp3) is 0.583. The lowest BCUT2D eigenvalue weighted by Crippen LogP contribution is -2.50. The minimum absolute atomic E-state index is 0.0223. The largest absolute Gasteiger partial charge is 0.493 e. The lowest BCUT2D eigenvalue weighted by Gasteiger charge is -2.44. The molecule has 0 aromatic heterocycles. The number of carbonyl (C=O) groups is 4. The molecule has 0 bridgehead atoms. The number of fused-ring (bicyclic) bond motifs is 1. The summed E-state index contributed by atoms with van der Waals surface area (Å²) in [5.74, 6) is 0.198. The third kappa shape index (κ3) is 5.57. The van der Waals surface area contributed by atoms with Crippen molar-refractivity contribution >= 4 is 45.4 Å². The summed E-state index contributed by atoms with van der Waals surface area (Å²) in [5.41, 5.74) is 1.27. The van der Waals surface area contributed by atoms with Crippen molar-refractivity contribution in [2.24, 2.45) is 11.3 Å². The number of hydrogen-bond acceptors (Lipinski definition) is 8. The van der Waals surface area contributed by atoms with Crippen molar-refractivity contribution in [1.29, 1.82) is 0 Å². The molecule has 0 radical (unpaired) electrons. The first-order chi connectivity index (χ1) is 15.6. The van der Waals surface area contributed by atoms with E-state index in [1.54, 1.807) is 18.1 Å². The summed E-state index contributed by atoms with van der Waals surface area (Å²) in [5, 5.41) is 0. The quantitative estimate of drug-likeness (QED) is 0.542. The van der Waals surface area contributed by atoms with Gasteiger partial charge in [-0.1, -0.05) is 44.3 Å². The molecule has 1 unspecified atom stereocenters. The Labute approximate surface area is 203 Å².